The predicted octanol–water partition coefficient (Wildman–Crippen LogP) is 21.9. The maximum absolute atomic E-state index is 12.5. The Kier molecular flexibility index (Phi) is 63.9. The Morgan fingerprint density at radius 3 is 1.04 bits per heavy atom. The summed E-state index contributed by atoms with van der Waals surface area (Å²) in [6, 6.07) is -0.553. The fourth-order valence-electron chi connectivity index (χ4n) is 10.7. The van der Waals surface area contributed by atoms with Gasteiger partial charge in [0.05, 0.1) is 25.4 Å². The Balaban J connectivity index is 3.44. The van der Waals surface area contributed by atoms with Crippen LogP contribution in [0.25, 0.3) is 0 Å². The van der Waals surface area contributed by atoms with E-state index in [0.29, 0.717) is 25.9 Å². The van der Waals surface area contributed by atoms with Crippen molar-refractivity contribution in [3.63, 3.8) is 0 Å². The molecule has 2 atom stereocenters. The minimum Gasteiger partial charge on any atom is -0.466 e. The predicted molar refractivity (Wildman–Crippen MR) is 333 cm³/mol. The van der Waals surface area contributed by atoms with Crippen molar-refractivity contribution in [3.05, 3.63) is 36.5 Å². The number of hydrogen-bond acceptors (Lipinski definition) is 5. The Morgan fingerprint density at radius 1 is 0.368 bits per heavy atom. The van der Waals surface area contributed by atoms with E-state index in [1.165, 1.54) is 276 Å². The van der Waals surface area contributed by atoms with Crippen LogP contribution in [0.5, 0.6) is 0 Å². The molecular formula is C70H133NO5. The largest absolute Gasteiger partial charge is 0.466 e. The fraction of sp³-hybridized carbons (Fsp3) is 0.886. The summed E-state index contributed by atoms with van der Waals surface area (Å²) >= 11 is 0. The number of allylic oxidation sites excluding steroid dienone is 6. The summed E-state index contributed by atoms with van der Waals surface area (Å²) in [5.41, 5.74) is 0. The van der Waals surface area contributed by atoms with Gasteiger partial charge in [0.2, 0.25) is 5.91 Å². The van der Waals surface area contributed by atoms with E-state index in [1.54, 1.807) is 0 Å². The monoisotopic (exact) mass is 1070 g/mol. The highest BCUT2D eigenvalue weighted by molar-refractivity contribution is 5.76. The number of ether oxygens (including phenoxy) is 1. The van der Waals surface area contributed by atoms with Gasteiger partial charge in [0.1, 0.15) is 0 Å². The van der Waals surface area contributed by atoms with E-state index in [2.05, 4.69) is 55.6 Å². The maximum Gasteiger partial charge on any atom is 0.305 e. The number of unbranched alkanes of at least 4 members (excludes halogenated alkanes) is 47. The summed E-state index contributed by atoms with van der Waals surface area (Å²) in [6.07, 6.45) is 83.1. The van der Waals surface area contributed by atoms with Crippen molar-refractivity contribution >= 4 is 11.9 Å². The minimum absolute atomic E-state index is 0.00474. The molecule has 0 spiro atoms. The van der Waals surface area contributed by atoms with E-state index in [0.717, 1.165) is 64.2 Å². The van der Waals surface area contributed by atoms with Crippen molar-refractivity contribution < 1.29 is 24.5 Å². The van der Waals surface area contributed by atoms with E-state index in [1.807, 2.05) is 0 Å². The molecule has 76 heavy (non-hydrogen) atoms. The molecule has 0 saturated heterocycles. The molecule has 0 aromatic heterocycles. The van der Waals surface area contributed by atoms with Crippen LogP contribution in [0, 0.1) is 0 Å². The lowest BCUT2D eigenvalue weighted by Gasteiger charge is -2.22. The number of nitrogens with one attached hydrogen (secondary N) is 1. The SMILES string of the molecule is CCCCC/C=C\C/C=C\CCCCCCCCCCCC(=O)OCCCCCCCC/C=C\CCCCCCCCCC(=O)NC(CO)C(O)CCCCCCCCCCCCCCCCCCCCCCCCC. The first kappa shape index (κ1) is 74.1. The van der Waals surface area contributed by atoms with Gasteiger partial charge in [0.25, 0.3) is 0 Å². The number of esters is 1. The zero-order valence-electron chi connectivity index (χ0n) is 51.3. The first-order chi connectivity index (χ1) is 37.5. The van der Waals surface area contributed by atoms with Gasteiger partial charge in [0, 0.05) is 12.8 Å². The highest BCUT2D eigenvalue weighted by atomic mass is 16.5. The van der Waals surface area contributed by atoms with Crippen LogP contribution in [-0.4, -0.2) is 47.4 Å². The minimum atomic E-state index is -0.674. The number of carbonyl (C=O) groups excluding carboxylic acids is 2. The first-order valence-corrected chi connectivity index (χ1v) is 34.2. The first-order valence-electron chi connectivity index (χ1n) is 34.2. The number of rotatable bonds is 64. The fourth-order valence-corrected chi connectivity index (χ4v) is 10.7. The molecule has 6 nitrogen and oxygen atoms in total. The lowest BCUT2D eigenvalue weighted by atomic mass is 10.0. The number of amides is 1. The van der Waals surface area contributed by atoms with Crippen LogP contribution >= 0.6 is 0 Å². The molecule has 0 aromatic rings. The summed E-state index contributed by atoms with van der Waals surface area (Å²) in [7, 11) is 0. The summed E-state index contributed by atoms with van der Waals surface area (Å²) in [6.45, 7) is 4.94. The van der Waals surface area contributed by atoms with Crippen LogP contribution in [0.4, 0.5) is 0 Å². The molecule has 0 aliphatic heterocycles. The third-order valence-corrected chi connectivity index (χ3v) is 15.9. The quantitative estimate of drug-likeness (QED) is 0.0320. The van der Waals surface area contributed by atoms with E-state index in [-0.39, 0.29) is 18.5 Å². The second-order valence-corrected chi connectivity index (χ2v) is 23.5. The van der Waals surface area contributed by atoms with Crippen molar-refractivity contribution in [2.45, 2.75) is 386 Å². The zero-order chi connectivity index (χ0) is 55.0. The van der Waals surface area contributed by atoms with Gasteiger partial charge in [-0.3, -0.25) is 9.59 Å². The molecule has 0 aliphatic carbocycles. The van der Waals surface area contributed by atoms with Gasteiger partial charge in [-0.05, 0) is 83.5 Å². The van der Waals surface area contributed by atoms with Crippen LogP contribution in [-0.2, 0) is 14.3 Å². The number of hydrogen-bond donors (Lipinski definition) is 3. The Labute approximate surface area is 474 Å². The lowest BCUT2D eigenvalue weighted by Crippen LogP contribution is -2.45. The highest BCUT2D eigenvalue weighted by Crippen LogP contribution is 2.18. The van der Waals surface area contributed by atoms with Crippen LogP contribution in [0.2, 0.25) is 0 Å². The molecule has 2 unspecified atom stereocenters. The van der Waals surface area contributed by atoms with Gasteiger partial charge < -0.3 is 20.3 Å². The molecule has 0 heterocycles. The van der Waals surface area contributed by atoms with Crippen molar-refractivity contribution in [1.82, 2.24) is 5.32 Å². The Morgan fingerprint density at radius 2 is 0.658 bits per heavy atom. The van der Waals surface area contributed by atoms with Crippen molar-refractivity contribution in [3.8, 4) is 0 Å². The molecular weight excluding hydrogens is 935 g/mol. The zero-order valence-corrected chi connectivity index (χ0v) is 51.3. The third kappa shape index (κ3) is 61.3. The lowest BCUT2D eigenvalue weighted by molar-refractivity contribution is -0.143. The van der Waals surface area contributed by atoms with Crippen molar-refractivity contribution in [1.29, 1.82) is 0 Å². The van der Waals surface area contributed by atoms with Gasteiger partial charge in [0.15, 0.2) is 0 Å². The smallest absolute Gasteiger partial charge is 0.305 e. The standard InChI is InChI=1S/C70H133NO5/c1-3-5-7-9-11-13-15-17-19-21-23-24-25-26-28-30-34-38-42-46-50-54-58-62-68(73)67(66-72)71-69(74)63-59-55-51-47-43-39-35-31-29-33-37-41-45-49-53-57-61-65-76-70(75)64-60-56-52-48-44-40-36-32-27-22-20-18-16-14-12-10-8-6-4-2/h12,14,18,20,29,33,67-68,72-73H,3-11,13,15-17,19,21-28,30-32,34-66H2,1-2H3,(H,71,74)/b14-12-,20-18-,33-29-. The van der Waals surface area contributed by atoms with Crippen molar-refractivity contribution in [2.75, 3.05) is 13.2 Å². The second-order valence-electron chi connectivity index (χ2n) is 23.5. The molecule has 0 bridgehead atoms. The average Bonchev–Trinajstić information content (AvgIpc) is 3.42. The molecule has 0 rings (SSSR count). The van der Waals surface area contributed by atoms with E-state index in [9.17, 15) is 19.8 Å². The van der Waals surface area contributed by atoms with E-state index in [4.69, 9.17) is 4.74 Å². The summed E-state index contributed by atoms with van der Waals surface area (Å²) in [4.78, 5) is 24.7. The van der Waals surface area contributed by atoms with Gasteiger partial charge in [-0.2, -0.15) is 0 Å². The summed E-state index contributed by atoms with van der Waals surface area (Å²) in [5, 5.41) is 23.4. The normalized spacial score (nSPS) is 12.7. The van der Waals surface area contributed by atoms with Crippen molar-refractivity contribution in [2.24, 2.45) is 0 Å². The molecule has 0 saturated carbocycles. The molecule has 448 valence electrons. The summed E-state index contributed by atoms with van der Waals surface area (Å²) in [5.74, 6) is -0.0482. The molecule has 0 aliphatic rings. The third-order valence-electron chi connectivity index (χ3n) is 15.9. The second kappa shape index (κ2) is 65.6. The molecule has 0 fully saturated rings. The Hall–Kier alpha value is -1.92. The number of carbonyl (C=O) groups is 2. The van der Waals surface area contributed by atoms with E-state index >= 15 is 0 Å². The van der Waals surface area contributed by atoms with Gasteiger partial charge in [-0.1, -0.05) is 314 Å². The highest BCUT2D eigenvalue weighted by Gasteiger charge is 2.20. The average molecular weight is 1070 g/mol. The van der Waals surface area contributed by atoms with Crippen LogP contribution in [0.3, 0.4) is 0 Å². The molecule has 0 aromatic carbocycles. The van der Waals surface area contributed by atoms with Gasteiger partial charge in [-0.25, -0.2) is 0 Å². The number of aliphatic hydroxyl groups is 2. The maximum atomic E-state index is 12.5. The topological polar surface area (TPSA) is 95.9 Å². The summed E-state index contributed by atoms with van der Waals surface area (Å²) < 4.78 is 5.49. The van der Waals surface area contributed by atoms with Gasteiger partial charge in [-0.15, -0.1) is 0 Å². The molecule has 0 radical (unpaired) electrons. The molecule has 3 N–H and O–H groups in total. The number of aliphatic hydroxyl groups excluding tert-OH is 2. The van der Waals surface area contributed by atoms with Gasteiger partial charge >= 0.3 is 5.97 Å². The van der Waals surface area contributed by atoms with Crippen LogP contribution in [0.15, 0.2) is 36.5 Å². The van der Waals surface area contributed by atoms with E-state index < -0.39 is 12.1 Å². The Bertz CT molecular complexity index is 1230. The molecule has 1 amide bonds. The van der Waals surface area contributed by atoms with Crippen LogP contribution in [0.1, 0.15) is 373 Å². The van der Waals surface area contributed by atoms with Crippen LogP contribution < -0.4 is 5.32 Å². The molecule has 6 heteroatoms.